The zero-order valence-electron chi connectivity index (χ0n) is 22.5. The number of imide groups is 1. The molecule has 2 rings (SSSR count). The third-order valence-corrected chi connectivity index (χ3v) is 6.18. The van der Waals surface area contributed by atoms with Gasteiger partial charge in [-0.25, -0.2) is 9.18 Å². The number of benzene rings is 1. The van der Waals surface area contributed by atoms with Crippen molar-refractivity contribution in [2.45, 2.75) is 72.3 Å². The first-order chi connectivity index (χ1) is 17.0. The number of hydrogen-bond acceptors (Lipinski definition) is 6. The van der Waals surface area contributed by atoms with Crippen LogP contribution in [0.1, 0.15) is 66.4 Å². The SMILES string of the molecule is C/C(=C\CN(C)C(=O)C(NC(=O)CC(C)(C)c1cccc(F)c1)C(C)(C)C)C(=O)ON1C(=O)CCC1=O. The third kappa shape index (κ3) is 7.96. The van der Waals surface area contributed by atoms with Crippen molar-refractivity contribution in [3.8, 4) is 0 Å². The molecule has 4 amide bonds. The first-order valence-corrected chi connectivity index (χ1v) is 12.1. The van der Waals surface area contributed by atoms with Crippen molar-refractivity contribution in [1.29, 1.82) is 0 Å². The Bertz CT molecular complexity index is 1090. The van der Waals surface area contributed by atoms with Gasteiger partial charge in [0.25, 0.3) is 11.8 Å². The van der Waals surface area contributed by atoms with E-state index in [0.29, 0.717) is 10.6 Å². The molecule has 9 nitrogen and oxygen atoms in total. The molecular formula is C27H36FN3O6. The Labute approximate surface area is 217 Å². The summed E-state index contributed by atoms with van der Waals surface area (Å²) in [6.45, 7) is 10.6. The second-order valence-corrected chi connectivity index (χ2v) is 11.0. The summed E-state index contributed by atoms with van der Waals surface area (Å²) in [5, 5.41) is 3.29. The van der Waals surface area contributed by atoms with Crippen molar-refractivity contribution < 1.29 is 33.2 Å². The van der Waals surface area contributed by atoms with Crippen molar-refractivity contribution in [3.05, 3.63) is 47.3 Å². The molecule has 202 valence electrons. The van der Waals surface area contributed by atoms with Crippen LogP contribution in [-0.4, -0.2) is 59.2 Å². The van der Waals surface area contributed by atoms with E-state index < -0.39 is 34.7 Å². The van der Waals surface area contributed by atoms with Gasteiger partial charge in [-0.15, -0.1) is 5.06 Å². The molecule has 37 heavy (non-hydrogen) atoms. The van der Waals surface area contributed by atoms with Gasteiger partial charge in [-0.05, 0) is 35.4 Å². The van der Waals surface area contributed by atoms with Gasteiger partial charge < -0.3 is 15.1 Å². The lowest BCUT2D eigenvalue weighted by atomic mass is 9.80. The summed E-state index contributed by atoms with van der Waals surface area (Å²) >= 11 is 0. The van der Waals surface area contributed by atoms with E-state index in [4.69, 9.17) is 4.84 Å². The maximum absolute atomic E-state index is 13.7. The fourth-order valence-corrected chi connectivity index (χ4v) is 3.75. The van der Waals surface area contributed by atoms with Crippen LogP contribution in [-0.2, 0) is 34.2 Å². The molecule has 1 unspecified atom stereocenters. The molecule has 0 spiro atoms. The van der Waals surface area contributed by atoms with Gasteiger partial charge in [0, 0.05) is 38.4 Å². The molecular weight excluding hydrogens is 481 g/mol. The average Bonchev–Trinajstić information content (AvgIpc) is 3.11. The molecule has 1 aliphatic heterocycles. The fourth-order valence-electron chi connectivity index (χ4n) is 3.75. The minimum atomic E-state index is -0.871. The topological polar surface area (TPSA) is 113 Å². The van der Waals surface area contributed by atoms with E-state index in [-0.39, 0.29) is 49.0 Å². The van der Waals surface area contributed by atoms with Crippen LogP contribution < -0.4 is 5.32 Å². The second-order valence-electron chi connectivity index (χ2n) is 11.0. The molecule has 1 fully saturated rings. The lowest BCUT2D eigenvalue weighted by Crippen LogP contribution is -2.54. The standard InChI is InChI=1S/C27H36FN3O6/c1-17(25(36)37-31-21(33)11-12-22(31)34)13-14-30(7)24(35)23(26(2,3)4)29-20(32)16-27(5,6)18-9-8-10-19(28)15-18/h8-10,13,15,23H,11-12,14,16H2,1-7H3,(H,29,32)/b17-13+. The number of nitrogens with one attached hydrogen (secondary N) is 1. The normalized spacial score (nSPS) is 15.5. The zero-order valence-corrected chi connectivity index (χ0v) is 22.5. The van der Waals surface area contributed by atoms with Crippen LogP contribution in [0, 0.1) is 11.2 Å². The quantitative estimate of drug-likeness (QED) is 0.398. The lowest BCUT2D eigenvalue weighted by molar-refractivity contribution is -0.194. The van der Waals surface area contributed by atoms with Gasteiger partial charge in [-0.3, -0.25) is 19.2 Å². The Morgan fingerprint density at radius 2 is 1.73 bits per heavy atom. The first kappa shape index (κ1) is 29.7. The Morgan fingerprint density at radius 1 is 1.14 bits per heavy atom. The molecule has 1 aliphatic rings. The minimum Gasteiger partial charge on any atom is -0.344 e. The molecule has 10 heteroatoms. The van der Waals surface area contributed by atoms with E-state index in [1.54, 1.807) is 12.1 Å². The summed E-state index contributed by atoms with van der Waals surface area (Å²) in [7, 11) is 1.53. The largest absolute Gasteiger partial charge is 0.359 e. The minimum absolute atomic E-state index is 0.00849. The summed E-state index contributed by atoms with van der Waals surface area (Å²) in [5.41, 5.74) is -0.511. The highest BCUT2D eigenvalue weighted by molar-refractivity contribution is 6.02. The summed E-state index contributed by atoms with van der Waals surface area (Å²) in [5.74, 6) is -3.14. The first-order valence-electron chi connectivity index (χ1n) is 12.1. The molecule has 1 saturated heterocycles. The van der Waals surface area contributed by atoms with Gasteiger partial charge in [-0.1, -0.05) is 52.8 Å². The van der Waals surface area contributed by atoms with E-state index >= 15 is 0 Å². The van der Waals surface area contributed by atoms with Crippen LogP contribution in [0.3, 0.4) is 0 Å². The predicted molar refractivity (Wildman–Crippen MR) is 134 cm³/mol. The maximum Gasteiger partial charge on any atom is 0.359 e. The second kappa shape index (κ2) is 11.7. The van der Waals surface area contributed by atoms with E-state index in [2.05, 4.69) is 5.32 Å². The molecule has 0 radical (unpaired) electrons. The highest BCUT2D eigenvalue weighted by atomic mass is 19.1. The maximum atomic E-state index is 13.7. The molecule has 0 bridgehead atoms. The molecule has 0 aliphatic carbocycles. The highest BCUT2D eigenvalue weighted by Gasteiger charge is 2.36. The van der Waals surface area contributed by atoms with Crippen molar-refractivity contribution in [2.75, 3.05) is 13.6 Å². The number of hydroxylamine groups is 2. The molecule has 0 saturated carbocycles. The Kier molecular flexibility index (Phi) is 9.35. The van der Waals surface area contributed by atoms with Crippen molar-refractivity contribution in [3.63, 3.8) is 0 Å². The summed E-state index contributed by atoms with van der Waals surface area (Å²) < 4.78 is 13.7. The van der Waals surface area contributed by atoms with Gasteiger partial charge in [0.1, 0.15) is 11.9 Å². The van der Waals surface area contributed by atoms with E-state index in [9.17, 15) is 28.4 Å². The van der Waals surface area contributed by atoms with Crippen LogP contribution in [0.15, 0.2) is 35.9 Å². The van der Waals surface area contributed by atoms with Crippen molar-refractivity contribution >= 4 is 29.6 Å². The van der Waals surface area contributed by atoms with Gasteiger partial charge >= 0.3 is 5.97 Å². The Morgan fingerprint density at radius 3 is 2.27 bits per heavy atom. The lowest BCUT2D eigenvalue weighted by Gasteiger charge is -2.34. The molecule has 1 heterocycles. The monoisotopic (exact) mass is 517 g/mol. The molecule has 1 atom stereocenters. The van der Waals surface area contributed by atoms with Crippen LogP contribution in [0.5, 0.6) is 0 Å². The summed E-state index contributed by atoms with van der Waals surface area (Å²) in [6.07, 6.45) is 1.47. The number of rotatable bonds is 9. The number of likely N-dealkylation sites (N-methyl/N-ethyl adjacent to an activating group) is 1. The Balaban J connectivity index is 2.05. The van der Waals surface area contributed by atoms with Gasteiger partial charge in [0.15, 0.2) is 0 Å². The number of amides is 4. The van der Waals surface area contributed by atoms with Crippen LogP contribution in [0.2, 0.25) is 0 Å². The smallest absolute Gasteiger partial charge is 0.344 e. The van der Waals surface area contributed by atoms with Crippen LogP contribution in [0.25, 0.3) is 0 Å². The average molecular weight is 518 g/mol. The van der Waals surface area contributed by atoms with E-state index in [1.807, 2.05) is 34.6 Å². The van der Waals surface area contributed by atoms with Crippen molar-refractivity contribution in [2.24, 2.45) is 5.41 Å². The van der Waals surface area contributed by atoms with E-state index in [0.717, 1.165) is 0 Å². The van der Waals surface area contributed by atoms with Crippen LogP contribution in [0.4, 0.5) is 4.39 Å². The van der Waals surface area contributed by atoms with E-state index in [1.165, 1.54) is 37.1 Å². The summed E-state index contributed by atoms with van der Waals surface area (Å²) in [4.78, 5) is 68.0. The number of hydrogen-bond donors (Lipinski definition) is 1. The van der Waals surface area contributed by atoms with Crippen molar-refractivity contribution in [1.82, 2.24) is 15.3 Å². The van der Waals surface area contributed by atoms with Gasteiger partial charge in [0.05, 0.1) is 0 Å². The third-order valence-electron chi connectivity index (χ3n) is 6.18. The molecule has 1 N–H and O–H groups in total. The van der Waals surface area contributed by atoms with Gasteiger partial charge in [-0.2, -0.15) is 0 Å². The zero-order chi connectivity index (χ0) is 28.1. The highest BCUT2D eigenvalue weighted by Crippen LogP contribution is 2.28. The number of halogens is 1. The van der Waals surface area contributed by atoms with Crippen LogP contribution >= 0.6 is 0 Å². The summed E-state index contributed by atoms with van der Waals surface area (Å²) in [6, 6.07) is 5.21. The number of nitrogens with zero attached hydrogens (tertiary/aromatic N) is 2. The molecule has 1 aromatic rings. The number of carbonyl (C=O) groups is 5. The Hall–Kier alpha value is -3.56. The van der Waals surface area contributed by atoms with Gasteiger partial charge in [0.2, 0.25) is 11.8 Å². The fraction of sp³-hybridized carbons (Fsp3) is 0.519. The number of carbonyl (C=O) groups excluding carboxylic acids is 5. The predicted octanol–water partition coefficient (Wildman–Crippen LogP) is 3.04. The molecule has 1 aromatic carbocycles. The molecule has 0 aromatic heterocycles.